The highest BCUT2D eigenvalue weighted by molar-refractivity contribution is 5.21. The van der Waals surface area contributed by atoms with Crippen LogP contribution in [0, 0.1) is 0 Å². The number of benzene rings is 2. The van der Waals surface area contributed by atoms with E-state index in [1.807, 2.05) is 36.4 Å². The molecule has 0 aromatic heterocycles. The van der Waals surface area contributed by atoms with Crippen LogP contribution in [0.3, 0.4) is 0 Å². The lowest BCUT2D eigenvalue weighted by atomic mass is 10.1. The summed E-state index contributed by atoms with van der Waals surface area (Å²) < 4.78 is 11.5. The van der Waals surface area contributed by atoms with Crippen LogP contribution in [-0.2, 0) is 11.3 Å². The maximum Gasteiger partial charge on any atom is 0.119 e. The third kappa shape index (κ3) is 6.16. The number of aliphatic hydroxyl groups is 1. The predicted molar refractivity (Wildman–Crippen MR) is 98.6 cm³/mol. The Morgan fingerprint density at radius 2 is 1.80 bits per heavy atom. The molecule has 1 saturated heterocycles. The van der Waals surface area contributed by atoms with Crippen molar-refractivity contribution in [1.82, 2.24) is 4.90 Å². The van der Waals surface area contributed by atoms with Gasteiger partial charge in [0.25, 0.3) is 0 Å². The van der Waals surface area contributed by atoms with Crippen LogP contribution in [0.4, 0.5) is 0 Å². The molecule has 2 atom stereocenters. The summed E-state index contributed by atoms with van der Waals surface area (Å²) in [6, 6.07) is 20.0. The van der Waals surface area contributed by atoms with Crippen molar-refractivity contribution in [3.05, 3.63) is 66.2 Å². The minimum atomic E-state index is -0.537. The van der Waals surface area contributed by atoms with Crippen molar-refractivity contribution in [1.29, 1.82) is 0 Å². The van der Waals surface area contributed by atoms with Crippen molar-refractivity contribution < 1.29 is 14.6 Å². The number of aliphatic hydroxyl groups excluding tert-OH is 1. The van der Waals surface area contributed by atoms with Gasteiger partial charge in [-0.1, -0.05) is 48.5 Å². The van der Waals surface area contributed by atoms with E-state index in [0.29, 0.717) is 13.2 Å². The molecule has 3 rings (SSSR count). The second-order valence-electron chi connectivity index (χ2n) is 6.59. The van der Waals surface area contributed by atoms with Gasteiger partial charge in [-0.2, -0.15) is 0 Å². The lowest BCUT2D eigenvalue weighted by molar-refractivity contribution is 0.0313. The van der Waals surface area contributed by atoms with Gasteiger partial charge in [-0.3, -0.25) is 4.90 Å². The minimum Gasteiger partial charge on any atom is -0.491 e. The molecule has 0 unspecified atom stereocenters. The van der Waals surface area contributed by atoms with Crippen molar-refractivity contribution in [2.24, 2.45) is 0 Å². The number of para-hydroxylation sites is 1. The number of ether oxygens (including phenoxy) is 2. The summed E-state index contributed by atoms with van der Waals surface area (Å²) in [6.07, 6.45) is 1.96. The smallest absolute Gasteiger partial charge is 0.119 e. The Morgan fingerprint density at radius 1 is 1.08 bits per heavy atom. The molecule has 4 heteroatoms. The number of nitrogens with zero attached hydrogens (tertiary/aromatic N) is 1. The minimum absolute atomic E-state index is 0.269. The van der Waals surface area contributed by atoms with Gasteiger partial charge in [0.2, 0.25) is 0 Å². The first kappa shape index (κ1) is 17.9. The van der Waals surface area contributed by atoms with E-state index in [2.05, 4.69) is 29.2 Å². The Labute approximate surface area is 150 Å². The summed E-state index contributed by atoms with van der Waals surface area (Å²) in [5.74, 6) is 0.787. The second-order valence-corrected chi connectivity index (χ2v) is 6.59. The van der Waals surface area contributed by atoms with E-state index in [4.69, 9.17) is 9.47 Å². The first-order valence-corrected chi connectivity index (χ1v) is 9.03. The summed E-state index contributed by atoms with van der Waals surface area (Å²) in [6.45, 7) is 3.37. The Morgan fingerprint density at radius 3 is 2.48 bits per heavy atom. The molecule has 134 valence electrons. The molecule has 1 aliphatic heterocycles. The van der Waals surface area contributed by atoms with Crippen LogP contribution < -0.4 is 4.74 Å². The van der Waals surface area contributed by atoms with Crippen LogP contribution in [-0.4, -0.2) is 48.5 Å². The van der Waals surface area contributed by atoms with Gasteiger partial charge in [0.15, 0.2) is 0 Å². The highest BCUT2D eigenvalue weighted by Gasteiger charge is 2.21. The number of hydrogen-bond donors (Lipinski definition) is 1. The molecule has 2 aromatic rings. The fraction of sp³-hybridized carbons (Fsp3) is 0.429. The Balaban J connectivity index is 1.53. The predicted octanol–water partition coefficient (Wildman–Crippen LogP) is 3.11. The molecule has 4 nitrogen and oxygen atoms in total. The molecule has 25 heavy (non-hydrogen) atoms. The van der Waals surface area contributed by atoms with Crippen LogP contribution >= 0.6 is 0 Å². The van der Waals surface area contributed by atoms with E-state index in [9.17, 15) is 5.11 Å². The molecule has 0 aliphatic carbocycles. The van der Waals surface area contributed by atoms with Gasteiger partial charge in [0.05, 0.1) is 6.10 Å². The maximum absolute atomic E-state index is 10.4. The first-order valence-electron chi connectivity index (χ1n) is 9.03. The van der Waals surface area contributed by atoms with Crippen molar-refractivity contribution in [2.45, 2.75) is 31.6 Å². The quantitative estimate of drug-likeness (QED) is 0.761. The van der Waals surface area contributed by atoms with Crippen LogP contribution in [0.5, 0.6) is 5.75 Å². The molecule has 1 heterocycles. The topological polar surface area (TPSA) is 41.9 Å². The first-order chi connectivity index (χ1) is 12.3. The van der Waals surface area contributed by atoms with E-state index < -0.39 is 6.10 Å². The summed E-state index contributed by atoms with van der Waals surface area (Å²) in [5.41, 5.74) is 1.25. The van der Waals surface area contributed by atoms with Crippen molar-refractivity contribution >= 4 is 0 Å². The summed E-state index contributed by atoms with van der Waals surface area (Å²) in [5, 5.41) is 10.4. The second kappa shape index (κ2) is 9.56. The van der Waals surface area contributed by atoms with E-state index in [-0.39, 0.29) is 6.10 Å². The van der Waals surface area contributed by atoms with Crippen LogP contribution in [0.1, 0.15) is 18.4 Å². The van der Waals surface area contributed by atoms with E-state index in [1.165, 1.54) is 5.56 Å². The van der Waals surface area contributed by atoms with E-state index >= 15 is 0 Å². The molecule has 1 aliphatic rings. The van der Waals surface area contributed by atoms with Gasteiger partial charge >= 0.3 is 0 Å². The Hall–Kier alpha value is -1.88. The third-order valence-corrected chi connectivity index (χ3v) is 4.39. The summed E-state index contributed by atoms with van der Waals surface area (Å²) in [7, 11) is 0. The van der Waals surface area contributed by atoms with Gasteiger partial charge in [0, 0.05) is 26.2 Å². The lowest BCUT2D eigenvalue weighted by Crippen LogP contribution is -2.39. The molecule has 0 saturated carbocycles. The molecule has 2 aromatic carbocycles. The average Bonchev–Trinajstić information content (AvgIpc) is 3.15. The zero-order valence-electron chi connectivity index (χ0n) is 14.6. The molecule has 1 fully saturated rings. The molecule has 0 amide bonds. The lowest BCUT2D eigenvalue weighted by Gasteiger charge is -2.27. The SMILES string of the molecule is O[C@H](COc1ccccc1)CN(Cc1ccccc1)C[C@@H]1CCCO1. The van der Waals surface area contributed by atoms with E-state index in [0.717, 1.165) is 38.3 Å². The monoisotopic (exact) mass is 341 g/mol. The normalized spacial score (nSPS) is 18.4. The Bertz CT molecular complexity index is 599. The number of rotatable bonds is 9. The van der Waals surface area contributed by atoms with Gasteiger partial charge in [-0.25, -0.2) is 0 Å². The highest BCUT2D eigenvalue weighted by Crippen LogP contribution is 2.16. The fourth-order valence-electron chi connectivity index (χ4n) is 3.18. The molecular formula is C21H27NO3. The van der Waals surface area contributed by atoms with Crippen LogP contribution in [0.25, 0.3) is 0 Å². The van der Waals surface area contributed by atoms with Gasteiger partial charge in [0.1, 0.15) is 18.5 Å². The van der Waals surface area contributed by atoms with Gasteiger partial charge in [-0.15, -0.1) is 0 Å². The van der Waals surface area contributed by atoms with Crippen LogP contribution in [0.15, 0.2) is 60.7 Å². The maximum atomic E-state index is 10.4. The highest BCUT2D eigenvalue weighted by atomic mass is 16.5. The number of hydrogen-bond acceptors (Lipinski definition) is 4. The largest absolute Gasteiger partial charge is 0.491 e. The molecule has 0 radical (unpaired) electrons. The van der Waals surface area contributed by atoms with Crippen molar-refractivity contribution in [2.75, 3.05) is 26.3 Å². The molecular weight excluding hydrogens is 314 g/mol. The Kier molecular flexibility index (Phi) is 6.86. The van der Waals surface area contributed by atoms with E-state index in [1.54, 1.807) is 0 Å². The molecule has 1 N–H and O–H groups in total. The molecule has 0 spiro atoms. The van der Waals surface area contributed by atoms with Crippen molar-refractivity contribution in [3.8, 4) is 5.75 Å². The van der Waals surface area contributed by atoms with Crippen molar-refractivity contribution in [3.63, 3.8) is 0 Å². The average molecular weight is 341 g/mol. The van der Waals surface area contributed by atoms with Crippen LogP contribution in [0.2, 0.25) is 0 Å². The summed E-state index contributed by atoms with van der Waals surface area (Å²) in [4.78, 5) is 2.27. The molecule has 0 bridgehead atoms. The zero-order valence-corrected chi connectivity index (χ0v) is 14.6. The summed E-state index contributed by atoms with van der Waals surface area (Å²) >= 11 is 0. The zero-order chi connectivity index (χ0) is 17.3. The standard InChI is InChI=1S/C21H27NO3/c23-19(17-25-20-10-5-2-6-11-20)15-22(16-21-12-7-13-24-21)14-18-8-3-1-4-9-18/h1-6,8-11,19,21,23H,7,12-17H2/t19-,21-/m0/s1. The van der Waals surface area contributed by atoms with Gasteiger partial charge < -0.3 is 14.6 Å². The third-order valence-electron chi connectivity index (χ3n) is 4.39. The van der Waals surface area contributed by atoms with Gasteiger partial charge in [-0.05, 0) is 30.5 Å². The fourth-order valence-corrected chi connectivity index (χ4v) is 3.18.